The number of phenols is 1. The molecule has 5 nitrogen and oxygen atoms in total. The zero-order valence-corrected chi connectivity index (χ0v) is 17.9. The van der Waals surface area contributed by atoms with Crippen LogP contribution in [-0.4, -0.2) is 17.2 Å². The molecule has 2 N–H and O–H groups in total. The SMILES string of the molecule is O=C(N/N=C/c1c(O)ccc2ccccc12)c1ccc2c(c1)CN(c1ccc(Cl)cc1)C2. The molecule has 1 aliphatic heterocycles. The van der Waals surface area contributed by atoms with E-state index in [9.17, 15) is 9.90 Å². The third-order valence-corrected chi connectivity index (χ3v) is 5.94. The minimum atomic E-state index is -0.297. The number of benzene rings is 4. The van der Waals surface area contributed by atoms with Gasteiger partial charge in [0.2, 0.25) is 0 Å². The highest BCUT2D eigenvalue weighted by Gasteiger charge is 2.20. The van der Waals surface area contributed by atoms with Gasteiger partial charge >= 0.3 is 0 Å². The highest BCUT2D eigenvalue weighted by molar-refractivity contribution is 6.30. The quantitative estimate of drug-likeness (QED) is 0.325. The monoisotopic (exact) mass is 441 g/mol. The van der Waals surface area contributed by atoms with E-state index in [1.807, 2.05) is 72.8 Å². The Labute approximate surface area is 190 Å². The van der Waals surface area contributed by atoms with E-state index < -0.39 is 0 Å². The van der Waals surface area contributed by atoms with Crippen molar-refractivity contribution >= 4 is 40.2 Å². The smallest absolute Gasteiger partial charge is 0.271 e. The minimum Gasteiger partial charge on any atom is -0.507 e. The molecule has 4 aromatic rings. The summed E-state index contributed by atoms with van der Waals surface area (Å²) in [5.41, 5.74) is 7.08. The number of fused-ring (bicyclic) bond motifs is 2. The van der Waals surface area contributed by atoms with Crippen LogP contribution in [0.4, 0.5) is 5.69 Å². The molecule has 0 aliphatic carbocycles. The second-order valence-corrected chi connectivity index (χ2v) is 8.17. The summed E-state index contributed by atoms with van der Waals surface area (Å²) in [6.07, 6.45) is 1.48. The number of hydrogen-bond acceptors (Lipinski definition) is 4. The minimum absolute atomic E-state index is 0.113. The van der Waals surface area contributed by atoms with Crippen molar-refractivity contribution in [1.29, 1.82) is 0 Å². The first-order chi connectivity index (χ1) is 15.6. The van der Waals surface area contributed by atoms with Crippen LogP contribution in [0.15, 0.2) is 84.0 Å². The van der Waals surface area contributed by atoms with Crippen molar-refractivity contribution in [2.24, 2.45) is 5.10 Å². The van der Waals surface area contributed by atoms with Crippen LogP contribution in [0.3, 0.4) is 0 Å². The summed E-state index contributed by atoms with van der Waals surface area (Å²) in [4.78, 5) is 14.9. The van der Waals surface area contributed by atoms with Crippen LogP contribution in [0.25, 0.3) is 10.8 Å². The summed E-state index contributed by atoms with van der Waals surface area (Å²) in [7, 11) is 0. The average Bonchev–Trinajstić information content (AvgIpc) is 3.24. The number of hydrazone groups is 1. The molecule has 0 saturated heterocycles. The third kappa shape index (κ3) is 3.90. The summed E-state index contributed by atoms with van der Waals surface area (Å²) in [6, 6.07) is 24.6. The normalized spacial score (nSPS) is 13.0. The maximum atomic E-state index is 12.7. The molecule has 6 heteroatoms. The van der Waals surface area contributed by atoms with E-state index in [2.05, 4.69) is 15.4 Å². The zero-order valence-electron chi connectivity index (χ0n) is 17.1. The number of anilines is 1. The van der Waals surface area contributed by atoms with Crippen LogP contribution < -0.4 is 10.3 Å². The van der Waals surface area contributed by atoms with Gasteiger partial charge in [0.25, 0.3) is 5.91 Å². The first-order valence-corrected chi connectivity index (χ1v) is 10.6. The van der Waals surface area contributed by atoms with E-state index >= 15 is 0 Å². The number of rotatable bonds is 4. The summed E-state index contributed by atoms with van der Waals surface area (Å²) in [5, 5.41) is 16.9. The van der Waals surface area contributed by atoms with Gasteiger partial charge in [-0.15, -0.1) is 0 Å². The number of nitrogens with zero attached hydrogens (tertiary/aromatic N) is 2. The molecule has 4 aromatic carbocycles. The maximum Gasteiger partial charge on any atom is 0.271 e. The Morgan fingerprint density at radius 2 is 1.75 bits per heavy atom. The van der Waals surface area contributed by atoms with Crippen LogP contribution in [0, 0.1) is 0 Å². The van der Waals surface area contributed by atoms with Crippen molar-refractivity contribution in [2.45, 2.75) is 13.1 Å². The van der Waals surface area contributed by atoms with Crippen LogP contribution in [0.2, 0.25) is 5.02 Å². The molecular formula is C26H20ClN3O2. The lowest BCUT2D eigenvalue weighted by Gasteiger charge is -2.17. The molecule has 0 bridgehead atoms. The van der Waals surface area contributed by atoms with E-state index in [4.69, 9.17) is 11.6 Å². The molecule has 0 spiro atoms. The van der Waals surface area contributed by atoms with Gasteiger partial charge in [-0.05, 0) is 64.4 Å². The molecule has 0 saturated carbocycles. The first-order valence-electron chi connectivity index (χ1n) is 10.2. The molecule has 32 heavy (non-hydrogen) atoms. The molecule has 5 rings (SSSR count). The Hall–Kier alpha value is -3.83. The molecule has 1 heterocycles. The van der Waals surface area contributed by atoms with Crippen molar-refractivity contribution in [3.8, 4) is 5.75 Å². The van der Waals surface area contributed by atoms with E-state index in [0.29, 0.717) is 16.1 Å². The summed E-state index contributed by atoms with van der Waals surface area (Å²) >= 11 is 5.99. The van der Waals surface area contributed by atoms with E-state index in [0.717, 1.165) is 35.1 Å². The number of carbonyl (C=O) groups is 1. The van der Waals surface area contributed by atoms with Gasteiger partial charge in [0, 0.05) is 34.9 Å². The summed E-state index contributed by atoms with van der Waals surface area (Å²) in [5.74, 6) is -0.185. The fourth-order valence-corrected chi connectivity index (χ4v) is 4.14. The highest BCUT2D eigenvalue weighted by atomic mass is 35.5. The number of amides is 1. The Kier molecular flexibility index (Phi) is 5.25. The lowest BCUT2D eigenvalue weighted by Crippen LogP contribution is -2.18. The zero-order chi connectivity index (χ0) is 22.1. The maximum absolute atomic E-state index is 12.7. The molecule has 0 aromatic heterocycles. The number of hydrogen-bond donors (Lipinski definition) is 2. The van der Waals surface area contributed by atoms with E-state index in [1.54, 1.807) is 6.07 Å². The Balaban J connectivity index is 1.30. The van der Waals surface area contributed by atoms with Crippen molar-refractivity contribution in [1.82, 2.24) is 5.43 Å². The lowest BCUT2D eigenvalue weighted by atomic mass is 10.0. The van der Waals surface area contributed by atoms with Gasteiger partial charge in [0.1, 0.15) is 5.75 Å². The molecule has 158 valence electrons. The third-order valence-electron chi connectivity index (χ3n) is 5.69. The van der Waals surface area contributed by atoms with Gasteiger partial charge in [0.05, 0.1) is 6.21 Å². The van der Waals surface area contributed by atoms with Crippen molar-refractivity contribution < 1.29 is 9.90 Å². The highest BCUT2D eigenvalue weighted by Crippen LogP contribution is 2.30. The summed E-state index contributed by atoms with van der Waals surface area (Å²) in [6.45, 7) is 1.52. The van der Waals surface area contributed by atoms with Gasteiger partial charge in [-0.1, -0.05) is 48.0 Å². The van der Waals surface area contributed by atoms with Crippen LogP contribution >= 0.6 is 11.6 Å². The predicted molar refractivity (Wildman–Crippen MR) is 128 cm³/mol. The van der Waals surface area contributed by atoms with Crippen molar-refractivity contribution in [2.75, 3.05) is 4.90 Å². The van der Waals surface area contributed by atoms with E-state index in [-0.39, 0.29) is 11.7 Å². The fourth-order valence-electron chi connectivity index (χ4n) is 4.01. The predicted octanol–water partition coefficient (Wildman–Crippen LogP) is 5.48. The molecular weight excluding hydrogens is 422 g/mol. The Bertz CT molecular complexity index is 1350. The fraction of sp³-hybridized carbons (Fsp3) is 0.0769. The van der Waals surface area contributed by atoms with Gasteiger partial charge in [-0.2, -0.15) is 5.10 Å². The molecule has 0 fully saturated rings. The molecule has 0 atom stereocenters. The lowest BCUT2D eigenvalue weighted by molar-refractivity contribution is 0.0955. The van der Waals surface area contributed by atoms with Gasteiger partial charge in [0.15, 0.2) is 0 Å². The van der Waals surface area contributed by atoms with Crippen molar-refractivity contribution in [3.05, 3.63) is 106 Å². The standard InChI is InChI=1S/C26H20ClN3O2/c27-21-8-10-22(11-9-21)30-15-19-6-5-18(13-20(19)16-30)26(32)29-28-14-24-23-4-2-1-3-17(23)7-12-25(24)31/h1-14,31H,15-16H2,(H,29,32)/b28-14+. The average molecular weight is 442 g/mol. The first kappa shape index (κ1) is 20.1. The number of carbonyl (C=O) groups excluding carboxylic acids is 1. The van der Waals surface area contributed by atoms with Gasteiger partial charge in [-0.3, -0.25) is 4.79 Å². The summed E-state index contributed by atoms with van der Waals surface area (Å²) < 4.78 is 0. The second-order valence-electron chi connectivity index (χ2n) is 7.73. The largest absolute Gasteiger partial charge is 0.507 e. The Morgan fingerprint density at radius 3 is 2.59 bits per heavy atom. The number of halogens is 1. The molecule has 0 radical (unpaired) electrons. The van der Waals surface area contributed by atoms with Crippen molar-refractivity contribution in [3.63, 3.8) is 0 Å². The number of aromatic hydroxyl groups is 1. The van der Waals surface area contributed by atoms with E-state index in [1.165, 1.54) is 11.8 Å². The number of phenolic OH excluding ortho intramolecular Hbond substituents is 1. The number of nitrogens with one attached hydrogen (secondary N) is 1. The molecule has 1 amide bonds. The van der Waals surface area contributed by atoms with Crippen LogP contribution in [0.1, 0.15) is 27.0 Å². The van der Waals surface area contributed by atoms with Crippen LogP contribution in [0.5, 0.6) is 5.75 Å². The topological polar surface area (TPSA) is 64.9 Å². The second kappa shape index (κ2) is 8.36. The molecule has 0 unspecified atom stereocenters. The molecule has 1 aliphatic rings. The Morgan fingerprint density at radius 1 is 0.969 bits per heavy atom. The van der Waals surface area contributed by atoms with Gasteiger partial charge < -0.3 is 10.0 Å². The van der Waals surface area contributed by atoms with Crippen LogP contribution in [-0.2, 0) is 13.1 Å². The van der Waals surface area contributed by atoms with Gasteiger partial charge in [-0.25, -0.2) is 5.43 Å².